The number of esters is 1. The van der Waals surface area contributed by atoms with Crippen LogP contribution in [0.25, 0.3) is 0 Å². The van der Waals surface area contributed by atoms with E-state index in [1.807, 2.05) is 0 Å². The first-order chi connectivity index (χ1) is 12.4. The van der Waals surface area contributed by atoms with E-state index in [-0.39, 0.29) is 12.1 Å². The third-order valence-electron chi connectivity index (χ3n) is 8.87. The van der Waals surface area contributed by atoms with E-state index in [9.17, 15) is 10.1 Å². The van der Waals surface area contributed by atoms with Gasteiger partial charge >= 0.3 is 5.97 Å². The lowest BCUT2D eigenvalue weighted by molar-refractivity contribution is -0.379. The summed E-state index contributed by atoms with van der Waals surface area (Å²) < 4.78 is 5.49. The highest BCUT2D eigenvalue weighted by Gasteiger charge is 2.62. The first kappa shape index (κ1) is 18.5. The molecule has 1 N–H and O–H groups in total. The molecule has 26 heavy (non-hydrogen) atoms. The SMILES string of the molecule is C=C[C@H]1CC[C@H]2[C@@H]3CC[C@H]4C[C@@H](OC(C)=O)CC[C@]4(OO)[C@H]3CC[C@]12C. The van der Waals surface area contributed by atoms with E-state index in [2.05, 4.69) is 19.6 Å². The molecule has 8 atom stereocenters. The summed E-state index contributed by atoms with van der Waals surface area (Å²) in [6.45, 7) is 8.07. The largest absolute Gasteiger partial charge is 0.463 e. The second-order valence-electron chi connectivity index (χ2n) is 9.67. The van der Waals surface area contributed by atoms with Crippen molar-refractivity contribution in [2.45, 2.75) is 83.3 Å². The normalized spacial score (nSPS) is 50.3. The monoisotopic (exact) mass is 362 g/mol. The molecule has 4 fully saturated rings. The Bertz CT molecular complexity index is 574. The number of carbonyl (C=O) groups excluding carboxylic acids is 1. The molecule has 0 spiro atoms. The lowest BCUT2D eigenvalue weighted by atomic mass is 9.48. The summed E-state index contributed by atoms with van der Waals surface area (Å²) in [5, 5.41) is 10.1. The Morgan fingerprint density at radius 1 is 1.12 bits per heavy atom. The molecule has 0 aromatic heterocycles. The van der Waals surface area contributed by atoms with Crippen LogP contribution in [0.3, 0.4) is 0 Å². The second kappa shape index (κ2) is 6.63. The van der Waals surface area contributed by atoms with Gasteiger partial charge in [0, 0.05) is 6.92 Å². The highest BCUT2D eigenvalue weighted by Crippen LogP contribution is 2.65. The van der Waals surface area contributed by atoms with Crippen molar-refractivity contribution >= 4 is 5.97 Å². The van der Waals surface area contributed by atoms with Gasteiger partial charge in [-0.3, -0.25) is 10.1 Å². The van der Waals surface area contributed by atoms with Crippen molar-refractivity contribution in [3.63, 3.8) is 0 Å². The fourth-order valence-corrected chi connectivity index (χ4v) is 7.72. The van der Waals surface area contributed by atoms with E-state index < -0.39 is 5.60 Å². The molecular weight excluding hydrogens is 328 g/mol. The van der Waals surface area contributed by atoms with Gasteiger partial charge in [-0.25, -0.2) is 4.89 Å². The summed E-state index contributed by atoms with van der Waals surface area (Å²) in [5.41, 5.74) is -0.0471. The fraction of sp³-hybridized carbons (Fsp3) is 0.864. The van der Waals surface area contributed by atoms with Gasteiger partial charge < -0.3 is 4.74 Å². The van der Waals surface area contributed by atoms with Gasteiger partial charge in [0.15, 0.2) is 0 Å². The van der Waals surface area contributed by atoms with Gasteiger partial charge in [0.05, 0.1) is 0 Å². The first-order valence-corrected chi connectivity index (χ1v) is 10.6. The molecule has 0 radical (unpaired) electrons. The van der Waals surface area contributed by atoms with Gasteiger partial charge in [-0.1, -0.05) is 13.0 Å². The summed E-state index contributed by atoms with van der Waals surface area (Å²) in [6, 6.07) is 0. The standard InChI is InChI=1S/C22H34O4/c1-4-15-6-8-19-18-7-5-16-13-17(25-14(2)23)9-12-22(16,26-24)20(18)10-11-21(15,19)3/h4,15-20,24H,1,5-13H2,2-3H3/t15-,16-,17-,18-,19-,20-,21+,22+/m0/s1. The Morgan fingerprint density at radius 3 is 2.62 bits per heavy atom. The Hall–Kier alpha value is -0.870. The molecule has 0 unspecified atom stereocenters. The van der Waals surface area contributed by atoms with Crippen LogP contribution < -0.4 is 0 Å². The molecule has 4 aliphatic rings. The Kier molecular flexibility index (Phi) is 4.71. The van der Waals surface area contributed by atoms with E-state index in [1.54, 1.807) is 0 Å². The quantitative estimate of drug-likeness (QED) is 0.333. The Labute approximate surface area is 157 Å². The average Bonchev–Trinajstić information content (AvgIpc) is 2.97. The van der Waals surface area contributed by atoms with Crippen molar-refractivity contribution in [3.8, 4) is 0 Å². The van der Waals surface area contributed by atoms with Crippen LogP contribution in [0.2, 0.25) is 0 Å². The maximum atomic E-state index is 11.4. The van der Waals surface area contributed by atoms with Crippen molar-refractivity contribution in [1.29, 1.82) is 0 Å². The summed E-state index contributed by atoms with van der Waals surface area (Å²) in [6.07, 6.45) is 11.8. The minimum absolute atomic E-state index is 0.0113. The van der Waals surface area contributed by atoms with E-state index in [4.69, 9.17) is 9.62 Å². The molecule has 0 heterocycles. The van der Waals surface area contributed by atoms with Crippen LogP contribution in [-0.2, 0) is 14.4 Å². The number of carbonyl (C=O) groups is 1. The smallest absolute Gasteiger partial charge is 0.302 e. The van der Waals surface area contributed by atoms with Crippen LogP contribution in [0, 0.1) is 35.0 Å². The fourth-order valence-electron chi connectivity index (χ4n) is 7.72. The zero-order valence-corrected chi connectivity index (χ0v) is 16.3. The molecule has 0 bridgehead atoms. The highest BCUT2D eigenvalue weighted by atomic mass is 17.1. The van der Waals surface area contributed by atoms with Crippen LogP contribution in [-0.4, -0.2) is 22.9 Å². The molecule has 146 valence electrons. The minimum Gasteiger partial charge on any atom is -0.463 e. The maximum Gasteiger partial charge on any atom is 0.302 e. The lowest BCUT2D eigenvalue weighted by Gasteiger charge is -2.60. The average molecular weight is 363 g/mol. The molecule has 0 saturated heterocycles. The van der Waals surface area contributed by atoms with Crippen molar-refractivity contribution in [3.05, 3.63) is 12.7 Å². The second-order valence-corrected chi connectivity index (χ2v) is 9.67. The topological polar surface area (TPSA) is 55.8 Å². The number of hydrogen-bond donors (Lipinski definition) is 1. The molecular formula is C22H34O4. The molecule has 0 aromatic rings. The molecule has 0 aliphatic heterocycles. The van der Waals surface area contributed by atoms with E-state index in [1.165, 1.54) is 32.6 Å². The highest BCUT2D eigenvalue weighted by molar-refractivity contribution is 5.66. The van der Waals surface area contributed by atoms with Gasteiger partial charge in [-0.05, 0) is 92.8 Å². The number of fused-ring (bicyclic) bond motifs is 5. The van der Waals surface area contributed by atoms with Crippen molar-refractivity contribution in [1.82, 2.24) is 0 Å². The summed E-state index contributed by atoms with van der Waals surface area (Å²) in [4.78, 5) is 16.7. The molecule has 4 rings (SSSR count). The van der Waals surface area contributed by atoms with E-state index in [0.29, 0.717) is 29.1 Å². The van der Waals surface area contributed by atoms with Gasteiger partial charge in [-0.2, -0.15) is 0 Å². The van der Waals surface area contributed by atoms with Crippen molar-refractivity contribution in [2.75, 3.05) is 0 Å². The molecule has 0 amide bonds. The van der Waals surface area contributed by atoms with Crippen LogP contribution in [0.1, 0.15) is 71.6 Å². The van der Waals surface area contributed by atoms with E-state index >= 15 is 0 Å². The summed E-state index contributed by atoms with van der Waals surface area (Å²) >= 11 is 0. The van der Waals surface area contributed by atoms with E-state index in [0.717, 1.165) is 38.0 Å². The molecule has 4 nitrogen and oxygen atoms in total. The lowest BCUT2D eigenvalue weighted by Crippen LogP contribution is -2.60. The zero-order valence-electron chi connectivity index (χ0n) is 16.3. The van der Waals surface area contributed by atoms with Gasteiger partial charge in [0.2, 0.25) is 0 Å². The predicted molar refractivity (Wildman–Crippen MR) is 99.3 cm³/mol. The third-order valence-corrected chi connectivity index (χ3v) is 8.87. The summed E-state index contributed by atoms with van der Waals surface area (Å²) in [5.74, 6) is 2.54. The van der Waals surface area contributed by atoms with Crippen molar-refractivity contribution in [2.24, 2.45) is 35.0 Å². The van der Waals surface area contributed by atoms with Crippen LogP contribution in [0.4, 0.5) is 0 Å². The number of ether oxygens (including phenoxy) is 1. The zero-order chi connectivity index (χ0) is 18.5. The third kappa shape index (κ3) is 2.59. The molecule has 4 heteroatoms. The van der Waals surface area contributed by atoms with Gasteiger partial charge in [-0.15, -0.1) is 6.58 Å². The first-order valence-electron chi connectivity index (χ1n) is 10.6. The van der Waals surface area contributed by atoms with Crippen LogP contribution in [0.15, 0.2) is 12.7 Å². The molecule has 4 aliphatic carbocycles. The Balaban J connectivity index is 1.57. The van der Waals surface area contributed by atoms with Crippen LogP contribution >= 0.6 is 0 Å². The number of hydrogen-bond acceptors (Lipinski definition) is 4. The Morgan fingerprint density at radius 2 is 1.92 bits per heavy atom. The molecule has 0 aromatic carbocycles. The predicted octanol–water partition coefficient (Wildman–Crippen LogP) is 4.99. The minimum atomic E-state index is -0.423. The molecule has 4 saturated carbocycles. The van der Waals surface area contributed by atoms with Gasteiger partial charge in [0.25, 0.3) is 0 Å². The van der Waals surface area contributed by atoms with Crippen LogP contribution in [0.5, 0.6) is 0 Å². The number of allylic oxidation sites excluding steroid dienone is 1. The maximum absolute atomic E-state index is 11.4. The number of rotatable bonds is 3. The van der Waals surface area contributed by atoms with Crippen molar-refractivity contribution < 1.29 is 19.7 Å². The summed E-state index contributed by atoms with van der Waals surface area (Å²) in [7, 11) is 0. The van der Waals surface area contributed by atoms with Gasteiger partial charge in [0.1, 0.15) is 11.7 Å².